The van der Waals surface area contributed by atoms with Gasteiger partial charge in [0.05, 0.1) is 11.7 Å². The highest BCUT2D eigenvalue weighted by Gasteiger charge is 2.47. The Morgan fingerprint density at radius 1 is 1.33 bits per heavy atom. The average Bonchev–Trinajstić information content (AvgIpc) is 2.28. The molecule has 104 valence electrons. The Hall–Kier alpha value is -0.370. The lowest BCUT2D eigenvalue weighted by Gasteiger charge is -2.52. The standard InChI is InChI=1S/C16H28O2/c1-12(2)15-7-6-13(3)11-16(15)9-4-5-14(18-16)8-10-17/h10,12-15H,4-9,11H2,1-3H3/t13-,14+,15+,16?/m1/s1. The fourth-order valence-corrected chi connectivity index (χ4v) is 4.29. The van der Waals surface area contributed by atoms with Crippen LogP contribution in [0.5, 0.6) is 0 Å². The summed E-state index contributed by atoms with van der Waals surface area (Å²) < 4.78 is 6.47. The Kier molecular flexibility index (Phi) is 4.47. The number of ether oxygens (including phenoxy) is 1. The van der Waals surface area contributed by atoms with Crippen molar-refractivity contribution in [3.63, 3.8) is 0 Å². The van der Waals surface area contributed by atoms with E-state index in [2.05, 4.69) is 20.8 Å². The van der Waals surface area contributed by atoms with E-state index < -0.39 is 0 Å². The Bertz CT molecular complexity index is 287. The van der Waals surface area contributed by atoms with Crippen molar-refractivity contribution in [2.24, 2.45) is 17.8 Å². The largest absolute Gasteiger partial charge is 0.371 e. The van der Waals surface area contributed by atoms with Gasteiger partial charge in [0.15, 0.2) is 0 Å². The van der Waals surface area contributed by atoms with E-state index in [9.17, 15) is 4.79 Å². The van der Waals surface area contributed by atoms with Gasteiger partial charge in [-0.15, -0.1) is 0 Å². The molecule has 1 aliphatic carbocycles. The molecule has 2 nitrogen and oxygen atoms in total. The van der Waals surface area contributed by atoms with Gasteiger partial charge in [-0.1, -0.05) is 27.2 Å². The normalized spacial score (nSPS) is 41.2. The zero-order valence-corrected chi connectivity index (χ0v) is 12.2. The van der Waals surface area contributed by atoms with Crippen molar-refractivity contribution >= 4 is 6.29 Å². The van der Waals surface area contributed by atoms with Gasteiger partial charge < -0.3 is 9.53 Å². The van der Waals surface area contributed by atoms with Crippen molar-refractivity contribution in [1.29, 1.82) is 0 Å². The van der Waals surface area contributed by atoms with Crippen molar-refractivity contribution in [2.75, 3.05) is 0 Å². The second-order valence-corrected chi connectivity index (χ2v) is 6.84. The van der Waals surface area contributed by atoms with Gasteiger partial charge >= 0.3 is 0 Å². The van der Waals surface area contributed by atoms with E-state index in [1.165, 1.54) is 32.1 Å². The van der Waals surface area contributed by atoms with Gasteiger partial charge in [0.25, 0.3) is 0 Å². The molecule has 0 aromatic rings. The lowest BCUT2D eigenvalue weighted by atomic mass is 9.64. The van der Waals surface area contributed by atoms with Gasteiger partial charge in [0.1, 0.15) is 6.29 Å². The molecule has 2 aliphatic rings. The van der Waals surface area contributed by atoms with Crippen LogP contribution in [-0.2, 0) is 9.53 Å². The minimum absolute atomic E-state index is 0.0811. The summed E-state index contributed by atoms with van der Waals surface area (Å²) in [6, 6.07) is 0. The number of carbonyl (C=O) groups excluding carboxylic acids is 1. The van der Waals surface area contributed by atoms with Crippen LogP contribution in [0.15, 0.2) is 0 Å². The van der Waals surface area contributed by atoms with Crippen LogP contribution in [0.1, 0.15) is 65.7 Å². The third-order valence-electron chi connectivity index (χ3n) is 5.03. The van der Waals surface area contributed by atoms with Crippen LogP contribution in [0.4, 0.5) is 0 Å². The molecule has 1 saturated heterocycles. The number of aldehydes is 1. The lowest BCUT2D eigenvalue weighted by Crippen LogP contribution is -2.51. The summed E-state index contributed by atoms with van der Waals surface area (Å²) in [5.74, 6) is 2.14. The Labute approximate surface area is 111 Å². The molecule has 0 aromatic heterocycles. The molecule has 1 spiro atoms. The van der Waals surface area contributed by atoms with Gasteiger partial charge in [-0.25, -0.2) is 0 Å². The maximum atomic E-state index is 10.7. The highest BCUT2D eigenvalue weighted by atomic mass is 16.5. The maximum Gasteiger partial charge on any atom is 0.122 e. The topological polar surface area (TPSA) is 26.3 Å². The molecule has 0 N–H and O–H groups in total. The van der Waals surface area contributed by atoms with Crippen molar-refractivity contribution in [3.8, 4) is 0 Å². The van der Waals surface area contributed by atoms with E-state index in [-0.39, 0.29) is 11.7 Å². The highest BCUT2D eigenvalue weighted by Crippen LogP contribution is 2.49. The summed E-state index contributed by atoms with van der Waals surface area (Å²) in [5, 5.41) is 0. The third-order valence-corrected chi connectivity index (χ3v) is 5.03. The molecular weight excluding hydrogens is 224 g/mol. The average molecular weight is 252 g/mol. The van der Waals surface area contributed by atoms with Gasteiger partial charge in [-0.2, -0.15) is 0 Å². The SMILES string of the molecule is CC(C)[C@@H]1CC[C@@H](C)CC12CCC[C@@H](CC=O)O2. The zero-order chi connectivity index (χ0) is 13.2. The first-order valence-electron chi connectivity index (χ1n) is 7.69. The molecule has 4 atom stereocenters. The van der Waals surface area contributed by atoms with E-state index in [4.69, 9.17) is 4.74 Å². The predicted molar refractivity (Wildman–Crippen MR) is 73.5 cm³/mol. The van der Waals surface area contributed by atoms with E-state index in [1.54, 1.807) is 0 Å². The molecular formula is C16H28O2. The predicted octanol–water partition coefficient (Wildman–Crippen LogP) is 3.98. The molecule has 18 heavy (non-hydrogen) atoms. The first-order chi connectivity index (χ1) is 8.57. The van der Waals surface area contributed by atoms with Crippen molar-refractivity contribution in [3.05, 3.63) is 0 Å². The van der Waals surface area contributed by atoms with Crippen LogP contribution in [0.25, 0.3) is 0 Å². The van der Waals surface area contributed by atoms with Gasteiger partial charge in [0, 0.05) is 6.42 Å². The van der Waals surface area contributed by atoms with Crippen molar-refractivity contribution < 1.29 is 9.53 Å². The smallest absolute Gasteiger partial charge is 0.122 e. The molecule has 2 rings (SSSR count). The first kappa shape index (κ1) is 14.0. The minimum Gasteiger partial charge on any atom is -0.371 e. The van der Waals surface area contributed by atoms with Crippen LogP contribution < -0.4 is 0 Å². The fourth-order valence-electron chi connectivity index (χ4n) is 4.29. The van der Waals surface area contributed by atoms with Crippen LogP contribution in [0, 0.1) is 17.8 Å². The van der Waals surface area contributed by atoms with Crippen molar-refractivity contribution in [2.45, 2.75) is 77.4 Å². The summed E-state index contributed by atoms with van der Waals surface area (Å²) in [4.78, 5) is 10.7. The second kappa shape index (κ2) is 5.73. The summed E-state index contributed by atoms with van der Waals surface area (Å²) in [6.07, 6.45) is 9.14. The van der Waals surface area contributed by atoms with Crippen molar-refractivity contribution in [1.82, 2.24) is 0 Å². The summed E-state index contributed by atoms with van der Waals surface area (Å²) in [7, 11) is 0. The Morgan fingerprint density at radius 2 is 2.11 bits per heavy atom. The van der Waals surface area contributed by atoms with Crippen LogP contribution >= 0.6 is 0 Å². The molecule has 0 bridgehead atoms. The van der Waals surface area contributed by atoms with E-state index in [1.807, 2.05) is 0 Å². The third kappa shape index (κ3) is 2.79. The Balaban J connectivity index is 2.15. The van der Waals surface area contributed by atoms with E-state index in [0.717, 1.165) is 18.6 Å². The summed E-state index contributed by atoms with van der Waals surface area (Å²) in [6.45, 7) is 7.01. The highest BCUT2D eigenvalue weighted by molar-refractivity contribution is 5.50. The molecule has 2 fully saturated rings. The summed E-state index contributed by atoms with van der Waals surface area (Å²) in [5.41, 5.74) is 0.0811. The number of hydrogen-bond donors (Lipinski definition) is 0. The number of hydrogen-bond acceptors (Lipinski definition) is 2. The maximum absolute atomic E-state index is 10.7. The van der Waals surface area contributed by atoms with Crippen LogP contribution in [-0.4, -0.2) is 18.0 Å². The van der Waals surface area contributed by atoms with Crippen LogP contribution in [0.2, 0.25) is 0 Å². The number of rotatable bonds is 3. The quantitative estimate of drug-likeness (QED) is 0.710. The molecule has 1 saturated carbocycles. The first-order valence-corrected chi connectivity index (χ1v) is 7.69. The minimum atomic E-state index is 0.0811. The van der Waals surface area contributed by atoms with Gasteiger partial charge in [0.2, 0.25) is 0 Å². The van der Waals surface area contributed by atoms with E-state index in [0.29, 0.717) is 18.3 Å². The molecule has 0 aromatic carbocycles. The van der Waals surface area contributed by atoms with Gasteiger partial charge in [-0.05, 0) is 49.9 Å². The monoisotopic (exact) mass is 252 g/mol. The molecule has 2 heteroatoms. The Morgan fingerprint density at radius 3 is 2.78 bits per heavy atom. The molecule has 0 amide bonds. The number of carbonyl (C=O) groups is 1. The summed E-state index contributed by atoms with van der Waals surface area (Å²) >= 11 is 0. The molecule has 1 unspecified atom stereocenters. The lowest BCUT2D eigenvalue weighted by molar-refractivity contribution is -0.191. The molecule has 1 heterocycles. The zero-order valence-electron chi connectivity index (χ0n) is 12.2. The molecule has 1 aliphatic heterocycles. The van der Waals surface area contributed by atoms with E-state index >= 15 is 0 Å². The molecule has 0 radical (unpaired) electrons. The fraction of sp³-hybridized carbons (Fsp3) is 0.938. The second-order valence-electron chi connectivity index (χ2n) is 6.84. The van der Waals surface area contributed by atoms with Crippen LogP contribution in [0.3, 0.4) is 0 Å². The van der Waals surface area contributed by atoms with Gasteiger partial charge in [-0.3, -0.25) is 0 Å².